The maximum atomic E-state index is 10.1. The van der Waals surface area contributed by atoms with Gasteiger partial charge in [-0.1, -0.05) is 5.21 Å². The van der Waals surface area contributed by atoms with Crippen LogP contribution in [0.15, 0.2) is 6.20 Å². The van der Waals surface area contributed by atoms with Crippen molar-refractivity contribution in [2.75, 3.05) is 20.2 Å². The Bertz CT molecular complexity index is 431. The number of ether oxygens (including phenoxy) is 1. The average Bonchev–Trinajstić information content (AvgIpc) is 3.08. The molecule has 1 aromatic heterocycles. The van der Waals surface area contributed by atoms with Crippen LogP contribution in [0.1, 0.15) is 38.4 Å². The number of likely N-dealkylation sites (N-methyl/N-ethyl adjacent to an activating group) is 1. The fourth-order valence-corrected chi connectivity index (χ4v) is 2.45. The number of aromatic nitrogens is 3. The van der Waals surface area contributed by atoms with Gasteiger partial charge in [-0.05, 0) is 33.7 Å². The van der Waals surface area contributed by atoms with Crippen molar-refractivity contribution in [3.63, 3.8) is 0 Å². The normalized spacial score (nSPS) is 22.1. The SMILES string of the molecule is CC(C)N(C)CC(O)Cn1cc(C(N)C2CCCO2)nn1. The Hall–Kier alpha value is -1.02. The van der Waals surface area contributed by atoms with Crippen molar-refractivity contribution in [1.82, 2.24) is 19.9 Å². The van der Waals surface area contributed by atoms with E-state index in [0.29, 0.717) is 19.1 Å². The summed E-state index contributed by atoms with van der Waals surface area (Å²) in [5, 5.41) is 18.3. The number of aliphatic hydroxyl groups excluding tert-OH is 1. The second-order valence-electron chi connectivity index (χ2n) is 6.13. The lowest BCUT2D eigenvalue weighted by molar-refractivity contribution is 0.0888. The van der Waals surface area contributed by atoms with E-state index in [0.717, 1.165) is 25.1 Å². The molecule has 0 saturated carbocycles. The molecule has 0 aliphatic carbocycles. The number of hydrogen-bond acceptors (Lipinski definition) is 6. The van der Waals surface area contributed by atoms with Gasteiger partial charge in [0.2, 0.25) is 0 Å². The Morgan fingerprint density at radius 1 is 1.57 bits per heavy atom. The van der Waals surface area contributed by atoms with Gasteiger partial charge in [0, 0.05) is 19.2 Å². The number of nitrogens with zero attached hydrogens (tertiary/aromatic N) is 4. The minimum absolute atomic E-state index is 0.0344. The van der Waals surface area contributed by atoms with Gasteiger partial charge in [-0.3, -0.25) is 0 Å². The Kier molecular flexibility index (Phi) is 5.69. The molecule has 1 aromatic rings. The monoisotopic (exact) mass is 297 g/mol. The molecule has 0 radical (unpaired) electrons. The zero-order chi connectivity index (χ0) is 15.4. The highest BCUT2D eigenvalue weighted by Crippen LogP contribution is 2.23. The van der Waals surface area contributed by atoms with Crippen LogP contribution in [0, 0.1) is 0 Å². The van der Waals surface area contributed by atoms with Crippen LogP contribution in [0.5, 0.6) is 0 Å². The molecule has 0 bridgehead atoms. The molecule has 3 unspecified atom stereocenters. The Morgan fingerprint density at radius 2 is 2.33 bits per heavy atom. The van der Waals surface area contributed by atoms with Crippen molar-refractivity contribution < 1.29 is 9.84 Å². The molecule has 2 heterocycles. The zero-order valence-electron chi connectivity index (χ0n) is 13.1. The van der Waals surface area contributed by atoms with E-state index >= 15 is 0 Å². The van der Waals surface area contributed by atoms with E-state index in [2.05, 4.69) is 29.1 Å². The highest BCUT2D eigenvalue weighted by Gasteiger charge is 2.26. The third kappa shape index (κ3) is 4.47. The minimum Gasteiger partial charge on any atom is -0.390 e. The maximum absolute atomic E-state index is 10.1. The lowest BCUT2D eigenvalue weighted by atomic mass is 10.1. The van der Waals surface area contributed by atoms with Crippen molar-refractivity contribution >= 4 is 0 Å². The van der Waals surface area contributed by atoms with Gasteiger partial charge in [0.05, 0.1) is 31.0 Å². The van der Waals surface area contributed by atoms with Gasteiger partial charge in [-0.2, -0.15) is 0 Å². The van der Waals surface area contributed by atoms with Gasteiger partial charge in [0.1, 0.15) is 5.69 Å². The van der Waals surface area contributed by atoms with E-state index < -0.39 is 6.10 Å². The van der Waals surface area contributed by atoms with Crippen molar-refractivity contribution in [2.45, 2.75) is 57.5 Å². The summed E-state index contributed by atoms with van der Waals surface area (Å²) in [6, 6.07) is 0.163. The van der Waals surface area contributed by atoms with E-state index in [4.69, 9.17) is 10.5 Å². The first-order valence-corrected chi connectivity index (χ1v) is 7.63. The van der Waals surface area contributed by atoms with Gasteiger partial charge in [-0.25, -0.2) is 4.68 Å². The quantitative estimate of drug-likeness (QED) is 0.745. The summed E-state index contributed by atoms with van der Waals surface area (Å²) in [6.45, 7) is 5.99. The van der Waals surface area contributed by atoms with Crippen LogP contribution >= 0.6 is 0 Å². The van der Waals surface area contributed by atoms with Crippen molar-refractivity contribution in [3.05, 3.63) is 11.9 Å². The predicted molar refractivity (Wildman–Crippen MR) is 79.7 cm³/mol. The number of hydrogen-bond donors (Lipinski definition) is 2. The lowest BCUT2D eigenvalue weighted by Gasteiger charge is -2.23. The third-order valence-electron chi connectivity index (χ3n) is 4.04. The maximum Gasteiger partial charge on any atom is 0.102 e. The third-order valence-corrected chi connectivity index (χ3v) is 4.04. The van der Waals surface area contributed by atoms with E-state index in [1.807, 2.05) is 13.2 Å². The van der Waals surface area contributed by atoms with Crippen LogP contribution in [-0.4, -0.2) is 63.4 Å². The minimum atomic E-state index is -0.481. The first-order chi connectivity index (χ1) is 9.97. The smallest absolute Gasteiger partial charge is 0.102 e. The molecule has 2 rings (SSSR count). The molecule has 120 valence electrons. The molecule has 1 aliphatic heterocycles. The topological polar surface area (TPSA) is 89.4 Å². The molecular formula is C14H27N5O2. The summed E-state index contributed by atoms with van der Waals surface area (Å²) < 4.78 is 7.24. The molecule has 0 amide bonds. The second-order valence-corrected chi connectivity index (χ2v) is 6.13. The summed E-state index contributed by atoms with van der Waals surface area (Å²) in [6.07, 6.45) is 3.38. The van der Waals surface area contributed by atoms with Crippen LogP contribution in [0.25, 0.3) is 0 Å². The molecule has 1 saturated heterocycles. The Labute approximate surface area is 126 Å². The van der Waals surface area contributed by atoms with Gasteiger partial charge >= 0.3 is 0 Å². The zero-order valence-corrected chi connectivity index (χ0v) is 13.1. The second kappa shape index (κ2) is 7.31. The summed E-state index contributed by atoms with van der Waals surface area (Å²) in [5.41, 5.74) is 6.88. The largest absolute Gasteiger partial charge is 0.390 e. The van der Waals surface area contributed by atoms with Gasteiger partial charge < -0.3 is 20.5 Å². The molecule has 7 nitrogen and oxygen atoms in total. The molecule has 7 heteroatoms. The molecule has 3 atom stereocenters. The first-order valence-electron chi connectivity index (χ1n) is 7.63. The van der Waals surface area contributed by atoms with Crippen LogP contribution in [-0.2, 0) is 11.3 Å². The van der Waals surface area contributed by atoms with Crippen LogP contribution < -0.4 is 5.73 Å². The lowest BCUT2D eigenvalue weighted by Crippen LogP contribution is -2.36. The Morgan fingerprint density at radius 3 is 2.95 bits per heavy atom. The molecule has 1 aliphatic rings. The van der Waals surface area contributed by atoms with Crippen molar-refractivity contribution in [3.8, 4) is 0 Å². The molecular weight excluding hydrogens is 270 g/mol. The average molecular weight is 297 g/mol. The number of aliphatic hydroxyl groups is 1. The first kappa shape index (κ1) is 16.4. The predicted octanol–water partition coefficient (Wildman–Crippen LogP) is 0.158. The summed E-state index contributed by atoms with van der Waals surface area (Å²) in [4.78, 5) is 2.10. The van der Waals surface area contributed by atoms with Crippen LogP contribution in [0.4, 0.5) is 0 Å². The highest BCUT2D eigenvalue weighted by molar-refractivity contribution is 5.03. The molecule has 21 heavy (non-hydrogen) atoms. The summed E-state index contributed by atoms with van der Waals surface area (Å²) in [7, 11) is 1.99. The fourth-order valence-electron chi connectivity index (χ4n) is 2.45. The van der Waals surface area contributed by atoms with Crippen LogP contribution in [0.2, 0.25) is 0 Å². The number of nitrogens with two attached hydrogens (primary N) is 1. The van der Waals surface area contributed by atoms with E-state index in [1.54, 1.807) is 4.68 Å². The van der Waals surface area contributed by atoms with E-state index in [9.17, 15) is 5.11 Å². The van der Waals surface area contributed by atoms with Crippen LogP contribution in [0.3, 0.4) is 0 Å². The van der Waals surface area contributed by atoms with Crippen molar-refractivity contribution in [1.29, 1.82) is 0 Å². The standard InChI is InChI=1S/C14H27N5O2/c1-10(2)18(3)7-11(20)8-19-9-12(16-17-19)14(15)13-5-4-6-21-13/h9-11,13-14,20H,4-8,15H2,1-3H3. The number of rotatable bonds is 7. The van der Waals surface area contributed by atoms with E-state index in [1.165, 1.54) is 0 Å². The van der Waals surface area contributed by atoms with E-state index in [-0.39, 0.29) is 12.1 Å². The van der Waals surface area contributed by atoms with Crippen molar-refractivity contribution in [2.24, 2.45) is 5.73 Å². The molecule has 3 N–H and O–H groups in total. The highest BCUT2D eigenvalue weighted by atomic mass is 16.5. The Balaban J connectivity index is 1.87. The summed E-state index contributed by atoms with van der Waals surface area (Å²) >= 11 is 0. The molecule has 1 fully saturated rings. The van der Waals surface area contributed by atoms with Gasteiger partial charge in [0.15, 0.2) is 0 Å². The summed E-state index contributed by atoms with van der Waals surface area (Å²) in [5.74, 6) is 0. The fraction of sp³-hybridized carbons (Fsp3) is 0.857. The molecule has 0 aromatic carbocycles. The van der Waals surface area contributed by atoms with Gasteiger partial charge in [-0.15, -0.1) is 5.10 Å². The van der Waals surface area contributed by atoms with Gasteiger partial charge in [0.25, 0.3) is 0 Å². The molecule has 0 spiro atoms.